The van der Waals surface area contributed by atoms with Crippen LogP contribution in [-0.4, -0.2) is 14.7 Å². The number of sulfonamides is 1. The molecular weight excluding hydrogens is 331 g/mol. The summed E-state index contributed by atoms with van der Waals surface area (Å²) in [5, 5.41) is 4.47. The van der Waals surface area contributed by atoms with Gasteiger partial charge in [0, 0.05) is 28.0 Å². The van der Waals surface area contributed by atoms with Crippen molar-refractivity contribution in [2.24, 2.45) is 0 Å². The molecule has 0 saturated carbocycles. The van der Waals surface area contributed by atoms with E-state index in [9.17, 15) is 8.42 Å². The predicted octanol–water partition coefficient (Wildman–Crippen LogP) is 3.98. The van der Waals surface area contributed by atoms with Crippen LogP contribution in [0.25, 0.3) is 0 Å². The summed E-state index contributed by atoms with van der Waals surface area (Å²) in [6.45, 7) is 0.526. The zero-order chi connectivity index (χ0) is 15.5. The molecule has 0 saturated heterocycles. The van der Waals surface area contributed by atoms with E-state index in [2.05, 4.69) is 10.0 Å². The SMILES string of the molecule is CS(=O)(=O)Nc1ccc(NCc2cc(Cl)ccc2Cl)cc1. The Morgan fingerprint density at radius 2 is 1.62 bits per heavy atom. The number of nitrogens with one attached hydrogen (secondary N) is 2. The first-order valence-corrected chi connectivity index (χ1v) is 8.74. The van der Waals surface area contributed by atoms with Crippen LogP contribution in [0.15, 0.2) is 42.5 Å². The van der Waals surface area contributed by atoms with Gasteiger partial charge in [0.2, 0.25) is 10.0 Å². The smallest absolute Gasteiger partial charge is 0.229 e. The molecule has 0 amide bonds. The lowest BCUT2D eigenvalue weighted by molar-refractivity contribution is 0.607. The maximum absolute atomic E-state index is 11.1. The van der Waals surface area contributed by atoms with Gasteiger partial charge in [0.25, 0.3) is 0 Å². The average molecular weight is 345 g/mol. The van der Waals surface area contributed by atoms with E-state index in [4.69, 9.17) is 23.2 Å². The van der Waals surface area contributed by atoms with Gasteiger partial charge in [-0.1, -0.05) is 23.2 Å². The molecule has 0 aliphatic rings. The van der Waals surface area contributed by atoms with Crippen LogP contribution in [-0.2, 0) is 16.6 Å². The van der Waals surface area contributed by atoms with E-state index in [0.29, 0.717) is 22.3 Å². The second-order valence-corrected chi connectivity index (χ2v) is 7.13. The van der Waals surface area contributed by atoms with Gasteiger partial charge >= 0.3 is 0 Å². The molecule has 0 heterocycles. The molecule has 0 aliphatic carbocycles. The van der Waals surface area contributed by atoms with Gasteiger partial charge in [0.05, 0.1) is 6.26 Å². The Kier molecular flexibility index (Phi) is 4.98. The summed E-state index contributed by atoms with van der Waals surface area (Å²) in [6, 6.07) is 12.2. The lowest BCUT2D eigenvalue weighted by atomic mass is 10.2. The highest BCUT2D eigenvalue weighted by Crippen LogP contribution is 2.22. The molecule has 0 spiro atoms. The van der Waals surface area contributed by atoms with Crippen molar-refractivity contribution in [3.8, 4) is 0 Å². The van der Waals surface area contributed by atoms with Crippen molar-refractivity contribution in [3.63, 3.8) is 0 Å². The standard InChI is InChI=1S/C14H14Cl2N2O2S/c1-21(19,20)18-13-5-3-12(4-6-13)17-9-10-8-11(15)2-7-14(10)16/h2-8,17-18H,9H2,1H3. The number of benzene rings is 2. The zero-order valence-corrected chi connectivity index (χ0v) is 13.6. The maximum atomic E-state index is 11.1. The Labute approximate surface area is 134 Å². The van der Waals surface area contributed by atoms with Crippen molar-refractivity contribution in [2.45, 2.75) is 6.54 Å². The molecule has 0 atom stereocenters. The number of anilines is 2. The van der Waals surface area contributed by atoms with Gasteiger partial charge in [0.1, 0.15) is 0 Å². The molecule has 7 heteroatoms. The Morgan fingerprint density at radius 1 is 1.00 bits per heavy atom. The van der Waals surface area contributed by atoms with Crippen LogP contribution in [0.1, 0.15) is 5.56 Å². The zero-order valence-electron chi connectivity index (χ0n) is 11.2. The van der Waals surface area contributed by atoms with Gasteiger partial charge in [-0.15, -0.1) is 0 Å². The molecule has 0 unspecified atom stereocenters. The summed E-state index contributed by atoms with van der Waals surface area (Å²) in [4.78, 5) is 0. The van der Waals surface area contributed by atoms with Crippen LogP contribution in [0.4, 0.5) is 11.4 Å². The highest BCUT2D eigenvalue weighted by Gasteiger charge is 2.03. The Hall–Kier alpha value is -1.43. The molecule has 112 valence electrons. The molecule has 2 N–H and O–H groups in total. The van der Waals surface area contributed by atoms with E-state index >= 15 is 0 Å². The minimum atomic E-state index is -3.26. The summed E-state index contributed by atoms with van der Waals surface area (Å²) < 4.78 is 24.6. The van der Waals surface area contributed by atoms with Gasteiger partial charge in [-0.3, -0.25) is 4.72 Å². The normalized spacial score (nSPS) is 11.2. The fraction of sp³-hybridized carbons (Fsp3) is 0.143. The fourth-order valence-corrected chi connectivity index (χ4v) is 2.69. The summed E-state index contributed by atoms with van der Waals surface area (Å²) in [5.74, 6) is 0. The summed E-state index contributed by atoms with van der Waals surface area (Å²) in [6.07, 6.45) is 1.11. The van der Waals surface area contributed by atoms with Gasteiger partial charge in [-0.25, -0.2) is 8.42 Å². The van der Waals surface area contributed by atoms with Crippen LogP contribution < -0.4 is 10.0 Å². The molecule has 2 rings (SSSR count). The van der Waals surface area contributed by atoms with E-state index in [1.54, 1.807) is 42.5 Å². The second kappa shape index (κ2) is 6.56. The number of rotatable bonds is 5. The van der Waals surface area contributed by atoms with Gasteiger partial charge < -0.3 is 5.32 Å². The van der Waals surface area contributed by atoms with Gasteiger partial charge in [-0.05, 0) is 48.0 Å². The van der Waals surface area contributed by atoms with Gasteiger partial charge in [-0.2, -0.15) is 0 Å². The molecule has 4 nitrogen and oxygen atoms in total. The third-order valence-corrected chi connectivity index (χ3v) is 3.89. The van der Waals surface area contributed by atoms with E-state index in [0.717, 1.165) is 17.5 Å². The number of hydrogen-bond acceptors (Lipinski definition) is 3. The van der Waals surface area contributed by atoms with Crippen molar-refractivity contribution in [2.75, 3.05) is 16.3 Å². The van der Waals surface area contributed by atoms with Crippen LogP contribution >= 0.6 is 23.2 Å². The first-order chi connectivity index (χ1) is 9.83. The van der Waals surface area contributed by atoms with Crippen molar-refractivity contribution in [3.05, 3.63) is 58.1 Å². The van der Waals surface area contributed by atoms with E-state index in [1.807, 2.05) is 0 Å². The molecule has 0 fully saturated rings. The number of hydrogen-bond donors (Lipinski definition) is 2. The maximum Gasteiger partial charge on any atom is 0.229 e. The van der Waals surface area contributed by atoms with Crippen LogP contribution in [0, 0.1) is 0 Å². The Morgan fingerprint density at radius 3 is 2.24 bits per heavy atom. The predicted molar refractivity (Wildman–Crippen MR) is 88.7 cm³/mol. The highest BCUT2D eigenvalue weighted by atomic mass is 35.5. The molecule has 2 aromatic carbocycles. The molecular formula is C14H14Cl2N2O2S. The summed E-state index contributed by atoms with van der Waals surface area (Å²) in [5.41, 5.74) is 2.26. The van der Waals surface area contributed by atoms with Crippen LogP contribution in [0.3, 0.4) is 0 Å². The van der Waals surface area contributed by atoms with Crippen molar-refractivity contribution in [1.82, 2.24) is 0 Å². The minimum absolute atomic E-state index is 0.517. The third kappa shape index (κ3) is 5.12. The molecule has 0 aliphatic heterocycles. The third-order valence-electron chi connectivity index (χ3n) is 2.68. The quantitative estimate of drug-likeness (QED) is 0.862. The topological polar surface area (TPSA) is 58.2 Å². The second-order valence-electron chi connectivity index (χ2n) is 4.54. The van der Waals surface area contributed by atoms with Crippen molar-refractivity contribution >= 4 is 44.6 Å². The lowest BCUT2D eigenvalue weighted by Crippen LogP contribution is -2.09. The first kappa shape index (κ1) is 15.9. The van der Waals surface area contributed by atoms with E-state index in [-0.39, 0.29) is 0 Å². The van der Waals surface area contributed by atoms with Crippen molar-refractivity contribution < 1.29 is 8.42 Å². The first-order valence-electron chi connectivity index (χ1n) is 6.09. The molecule has 0 bridgehead atoms. The van der Waals surface area contributed by atoms with Crippen molar-refractivity contribution in [1.29, 1.82) is 0 Å². The largest absolute Gasteiger partial charge is 0.381 e. The molecule has 0 aromatic heterocycles. The average Bonchev–Trinajstić information content (AvgIpc) is 2.40. The lowest BCUT2D eigenvalue weighted by Gasteiger charge is -2.10. The Balaban J connectivity index is 2.02. The number of halogens is 2. The monoisotopic (exact) mass is 344 g/mol. The van der Waals surface area contributed by atoms with Gasteiger partial charge in [0.15, 0.2) is 0 Å². The van der Waals surface area contributed by atoms with E-state index in [1.165, 1.54) is 0 Å². The molecule has 2 aromatic rings. The summed E-state index contributed by atoms with van der Waals surface area (Å²) in [7, 11) is -3.26. The van der Waals surface area contributed by atoms with Crippen LogP contribution in [0.2, 0.25) is 10.0 Å². The molecule has 21 heavy (non-hydrogen) atoms. The Bertz CT molecular complexity index is 731. The highest BCUT2D eigenvalue weighted by molar-refractivity contribution is 7.92. The van der Waals surface area contributed by atoms with Crippen LogP contribution in [0.5, 0.6) is 0 Å². The fourth-order valence-electron chi connectivity index (χ4n) is 1.75. The summed E-state index contributed by atoms with van der Waals surface area (Å²) >= 11 is 12.0. The minimum Gasteiger partial charge on any atom is -0.381 e. The molecule has 0 radical (unpaired) electrons. The van der Waals surface area contributed by atoms with E-state index < -0.39 is 10.0 Å².